The van der Waals surface area contributed by atoms with Gasteiger partial charge in [0.2, 0.25) is 0 Å². The fourth-order valence-electron chi connectivity index (χ4n) is 1.77. The van der Waals surface area contributed by atoms with Gasteiger partial charge in [0.05, 0.1) is 7.11 Å². The van der Waals surface area contributed by atoms with Crippen LogP contribution >= 0.6 is 10.7 Å². The smallest absolute Gasteiger partial charge is 0.265 e. The lowest BCUT2D eigenvalue weighted by Crippen LogP contribution is -2.28. The van der Waals surface area contributed by atoms with Crippen molar-refractivity contribution < 1.29 is 22.7 Å². The van der Waals surface area contributed by atoms with E-state index in [0.717, 1.165) is 0 Å². The lowest BCUT2D eigenvalue weighted by atomic mass is 10.2. The molecule has 6 nitrogen and oxygen atoms in total. The molecule has 118 valence electrons. The van der Waals surface area contributed by atoms with Crippen molar-refractivity contribution in [3.05, 3.63) is 23.8 Å². The van der Waals surface area contributed by atoms with Crippen LogP contribution in [0.15, 0.2) is 23.1 Å². The average Bonchev–Trinajstić information content (AvgIpc) is 2.45. The van der Waals surface area contributed by atoms with E-state index in [1.165, 1.54) is 30.2 Å². The second kappa shape index (κ2) is 7.63. The molecule has 0 saturated heterocycles. The number of carbonyl (C=O) groups is 1. The molecule has 1 aromatic rings. The van der Waals surface area contributed by atoms with Gasteiger partial charge in [0.15, 0.2) is 0 Å². The van der Waals surface area contributed by atoms with Crippen molar-refractivity contribution in [3.8, 4) is 5.75 Å². The summed E-state index contributed by atoms with van der Waals surface area (Å²) in [4.78, 5) is 13.5. The predicted octanol–water partition coefficient (Wildman–Crippen LogP) is 1.73. The third-order valence-electron chi connectivity index (χ3n) is 2.86. The number of benzene rings is 1. The summed E-state index contributed by atoms with van der Waals surface area (Å²) in [5, 5.41) is 0. The molecule has 21 heavy (non-hydrogen) atoms. The second-order valence-electron chi connectivity index (χ2n) is 4.38. The van der Waals surface area contributed by atoms with Gasteiger partial charge in [0.25, 0.3) is 15.0 Å². The number of methoxy groups -OCH3 is 2. The summed E-state index contributed by atoms with van der Waals surface area (Å²) in [6, 6.07) is 4.13. The Hall–Kier alpha value is -1.31. The van der Waals surface area contributed by atoms with Crippen LogP contribution in [0.3, 0.4) is 0 Å². The molecule has 0 spiro atoms. The van der Waals surface area contributed by atoms with Gasteiger partial charge in [-0.25, -0.2) is 8.42 Å². The van der Waals surface area contributed by atoms with E-state index in [4.69, 9.17) is 20.2 Å². The minimum absolute atomic E-state index is 0.101. The monoisotopic (exact) mass is 335 g/mol. The maximum atomic E-state index is 12.2. The normalized spacial score (nSPS) is 11.2. The van der Waals surface area contributed by atoms with Gasteiger partial charge in [0.1, 0.15) is 10.6 Å². The maximum Gasteiger partial charge on any atom is 0.265 e. The molecule has 0 aliphatic rings. The standard InChI is InChI=1S/C13H18ClNO5S/c1-15(7-4-8-19-2)13(16)10-5-6-11(20-3)12(9-10)21(14,17)18/h5-6,9H,4,7-8H2,1-3H3. The molecule has 0 aromatic heterocycles. The number of amides is 1. The number of carbonyl (C=O) groups excluding carboxylic acids is 1. The number of hydrogen-bond donors (Lipinski definition) is 0. The first-order chi connectivity index (χ1) is 9.81. The van der Waals surface area contributed by atoms with Gasteiger partial charge in [-0.15, -0.1) is 0 Å². The zero-order valence-electron chi connectivity index (χ0n) is 12.1. The number of nitrogens with zero attached hydrogens (tertiary/aromatic N) is 1. The first-order valence-electron chi connectivity index (χ1n) is 6.18. The average molecular weight is 336 g/mol. The molecular weight excluding hydrogens is 318 g/mol. The van der Waals surface area contributed by atoms with Crippen molar-refractivity contribution in [1.29, 1.82) is 0 Å². The Morgan fingerprint density at radius 1 is 1.33 bits per heavy atom. The SMILES string of the molecule is COCCCN(C)C(=O)c1ccc(OC)c(S(=O)(=O)Cl)c1. The van der Waals surface area contributed by atoms with Crippen LogP contribution < -0.4 is 4.74 Å². The van der Waals surface area contributed by atoms with Crippen molar-refractivity contribution in [3.63, 3.8) is 0 Å². The van der Waals surface area contributed by atoms with Gasteiger partial charge in [-0.1, -0.05) is 0 Å². The van der Waals surface area contributed by atoms with Crippen LogP contribution in [0.5, 0.6) is 5.75 Å². The van der Waals surface area contributed by atoms with Crippen molar-refractivity contribution in [2.75, 3.05) is 34.4 Å². The molecule has 0 aliphatic carbocycles. The van der Waals surface area contributed by atoms with E-state index in [0.29, 0.717) is 19.6 Å². The molecule has 0 heterocycles. The largest absolute Gasteiger partial charge is 0.495 e. The van der Waals surface area contributed by atoms with Gasteiger partial charge in [-0.05, 0) is 24.6 Å². The van der Waals surface area contributed by atoms with Crippen LogP contribution in [0.25, 0.3) is 0 Å². The van der Waals surface area contributed by atoms with Gasteiger partial charge in [-0.3, -0.25) is 4.79 Å². The zero-order valence-corrected chi connectivity index (χ0v) is 13.7. The number of ether oxygens (including phenoxy) is 2. The minimum atomic E-state index is -3.99. The summed E-state index contributed by atoms with van der Waals surface area (Å²) >= 11 is 0. The lowest BCUT2D eigenvalue weighted by molar-refractivity contribution is 0.0779. The minimum Gasteiger partial charge on any atom is -0.495 e. The lowest BCUT2D eigenvalue weighted by Gasteiger charge is -2.17. The topological polar surface area (TPSA) is 72.9 Å². The molecule has 8 heteroatoms. The predicted molar refractivity (Wildman–Crippen MR) is 79.5 cm³/mol. The summed E-state index contributed by atoms with van der Waals surface area (Å²) < 4.78 is 32.9. The van der Waals surface area contributed by atoms with Crippen LogP contribution in [0.4, 0.5) is 0 Å². The van der Waals surface area contributed by atoms with E-state index in [1.807, 2.05) is 0 Å². The molecule has 0 aliphatic heterocycles. The zero-order chi connectivity index (χ0) is 16.0. The highest BCUT2D eigenvalue weighted by Gasteiger charge is 2.20. The van der Waals surface area contributed by atoms with Crippen LogP contribution in [-0.2, 0) is 13.8 Å². The highest BCUT2D eigenvalue weighted by atomic mass is 35.7. The van der Waals surface area contributed by atoms with Crippen molar-refractivity contribution in [2.45, 2.75) is 11.3 Å². The Bertz CT molecular complexity index is 603. The fraction of sp³-hybridized carbons (Fsp3) is 0.462. The molecule has 0 unspecified atom stereocenters. The highest BCUT2D eigenvalue weighted by molar-refractivity contribution is 8.13. The molecule has 0 saturated carbocycles. The van der Waals surface area contributed by atoms with Gasteiger partial charge in [-0.2, -0.15) is 0 Å². The van der Waals surface area contributed by atoms with Crippen LogP contribution in [0.1, 0.15) is 16.8 Å². The van der Waals surface area contributed by atoms with Gasteiger partial charge < -0.3 is 14.4 Å². The summed E-state index contributed by atoms with van der Waals surface area (Å²) in [5.74, 6) is -0.195. The summed E-state index contributed by atoms with van der Waals surface area (Å²) in [7, 11) is 5.92. The van der Waals surface area contributed by atoms with E-state index >= 15 is 0 Å². The Labute approximate surface area is 129 Å². The van der Waals surface area contributed by atoms with E-state index in [2.05, 4.69) is 0 Å². The van der Waals surface area contributed by atoms with Crippen molar-refractivity contribution >= 4 is 25.6 Å². The fourth-order valence-corrected chi connectivity index (χ4v) is 2.79. The number of halogens is 1. The summed E-state index contributed by atoms with van der Waals surface area (Å²) in [5.41, 5.74) is 0.231. The maximum absolute atomic E-state index is 12.2. The number of rotatable bonds is 7. The number of hydrogen-bond acceptors (Lipinski definition) is 5. The molecular formula is C13H18ClNO5S. The van der Waals surface area contributed by atoms with Crippen LogP contribution in [0, 0.1) is 0 Å². The molecule has 0 N–H and O–H groups in total. The van der Waals surface area contributed by atoms with E-state index in [-0.39, 0.29) is 22.1 Å². The van der Waals surface area contributed by atoms with Crippen LogP contribution in [-0.4, -0.2) is 53.6 Å². The first-order valence-corrected chi connectivity index (χ1v) is 8.49. The highest BCUT2D eigenvalue weighted by Crippen LogP contribution is 2.28. The van der Waals surface area contributed by atoms with Crippen molar-refractivity contribution in [1.82, 2.24) is 4.90 Å². The Morgan fingerprint density at radius 3 is 2.52 bits per heavy atom. The quantitative estimate of drug-likeness (QED) is 0.560. The summed E-state index contributed by atoms with van der Waals surface area (Å²) in [6.45, 7) is 1.04. The first kappa shape index (κ1) is 17.7. The molecule has 1 amide bonds. The Kier molecular flexibility index (Phi) is 6.44. The van der Waals surface area contributed by atoms with Crippen molar-refractivity contribution in [2.24, 2.45) is 0 Å². The van der Waals surface area contributed by atoms with Gasteiger partial charge >= 0.3 is 0 Å². The molecule has 1 aromatic carbocycles. The Morgan fingerprint density at radius 2 is 2.00 bits per heavy atom. The molecule has 0 radical (unpaired) electrons. The molecule has 0 fully saturated rings. The third kappa shape index (κ3) is 4.87. The Balaban J connectivity index is 3.01. The second-order valence-corrected chi connectivity index (χ2v) is 6.91. The summed E-state index contributed by atoms with van der Waals surface area (Å²) in [6.07, 6.45) is 0.690. The molecule has 1 rings (SSSR count). The van der Waals surface area contributed by atoms with E-state index < -0.39 is 9.05 Å². The van der Waals surface area contributed by atoms with E-state index in [1.54, 1.807) is 14.2 Å². The molecule has 0 bridgehead atoms. The molecule has 0 atom stereocenters. The third-order valence-corrected chi connectivity index (χ3v) is 4.21. The van der Waals surface area contributed by atoms with Crippen LogP contribution in [0.2, 0.25) is 0 Å². The van der Waals surface area contributed by atoms with E-state index in [9.17, 15) is 13.2 Å². The van der Waals surface area contributed by atoms with Gasteiger partial charge in [0, 0.05) is 43.6 Å².